The first kappa shape index (κ1) is 12.1. The zero-order chi connectivity index (χ0) is 13.1. The fourth-order valence-electron chi connectivity index (χ4n) is 1.53. The van der Waals surface area contributed by atoms with Gasteiger partial charge in [0.05, 0.1) is 0 Å². The summed E-state index contributed by atoms with van der Waals surface area (Å²) in [6.45, 7) is 3.58. The summed E-state index contributed by atoms with van der Waals surface area (Å²) in [5.74, 6) is 0.666. The summed E-state index contributed by atoms with van der Waals surface area (Å²) in [7, 11) is 0. The van der Waals surface area contributed by atoms with Crippen LogP contribution in [-0.4, -0.2) is 16.2 Å². The Kier molecular flexibility index (Phi) is 3.27. The molecule has 2 aromatic rings. The number of hydrogen-bond acceptors (Lipinski definition) is 5. The number of hydrogen-bond donors (Lipinski definition) is 1. The van der Waals surface area contributed by atoms with Gasteiger partial charge in [-0.05, 0) is 19.9 Å². The van der Waals surface area contributed by atoms with Gasteiger partial charge in [-0.2, -0.15) is 4.98 Å². The number of primary amides is 1. The van der Waals surface area contributed by atoms with Crippen molar-refractivity contribution in [3.63, 3.8) is 0 Å². The van der Waals surface area contributed by atoms with Crippen molar-refractivity contribution in [3.05, 3.63) is 35.7 Å². The maximum absolute atomic E-state index is 10.6. The molecular weight excluding hydrogens is 234 g/mol. The van der Waals surface area contributed by atoms with Crippen molar-refractivity contribution >= 4 is 6.09 Å². The van der Waals surface area contributed by atoms with Gasteiger partial charge in [0, 0.05) is 5.56 Å². The van der Waals surface area contributed by atoms with Crippen molar-refractivity contribution in [1.82, 2.24) is 10.1 Å². The minimum absolute atomic E-state index is 0.213. The third kappa shape index (κ3) is 2.65. The number of rotatable bonds is 3. The highest BCUT2D eigenvalue weighted by atomic mass is 16.6. The Balaban J connectivity index is 2.22. The standard InChI is InChI=1S/C12H13N3O3/c1-7-4-3-5-9(6-7)10-14-11(18-15-10)8(2)17-12(13)16/h3-6,8H,1-2H3,(H2,13,16)/t8-/m1/s1. The van der Waals surface area contributed by atoms with Gasteiger partial charge >= 0.3 is 6.09 Å². The zero-order valence-electron chi connectivity index (χ0n) is 10.1. The molecule has 0 unspecified atom stereocenters. The van der Waals surface area contributed by atoms with Crippen molar-refractivity contribution in [2.24, 2.45) is 5.73 Å². The van der Waals surface area contributed by atoms with Gasteiger partial charge in [-0.1, -0.05) is 28.9 Å². The van der Waals surface area contributed by atoms with E-state index in [1.807, 2.05) is 31.2 Å². The van der Waals surface area contributed by atoms with Crippen LogP contribution in [0.25, 0.3) is 11.4 Å². The van der Waals surface area contributed by atoms with E-state index in [1.165, 1.54) is 0 Å². The fourth-order valence-corrected chi connectivity index (χ4v) is 1.53. The van der Waals surface area contributed by atoms with Crippen molar-refractivity contribution in [2.75, 3.05) is 0 Å². The van der Waals surface area contributed by atoms with E-state index in [1.54, 1.807) is 6.92 Å². The molecule has 18 heavy (non-hydrogen) atoms. The van der Waals surface area contributed by atoms with E-state index in [2.05, 4.69) is 10.1 Å². The molecule has 0 aliphatic carbocycles. The predicted octanol–water partition coefficient (Wildman–Crippen LogP) is 2.20. The lowest BCUT2D eigenvalue weighted by Crippen LogP contribution is -2.15. The van der Waals surface area contributed by atoms with Crippen LogP contribution in [0.2, 0.25) is 0 Å². The normalized spacial score (nSPS) is 12.1. The highest BCUT2D eigenvalue weighted by molar-refractivity contribution is 5.64. The number of amides is 1. The summed E-state index contributed by atoms with van der Waals surface area (Å²) in [5.41, 5.74) is 6.86. The summed E-state index contributed by atoms with van der Waals surface area (Å²) in [4.78, 5) is 14.8. The lowest BCUT2D eigenvalue weighted by molar-refractivity contribution is 0.0959. The van der Waals surface area contributed by atoms with Gasteiger partial charge in [-0.25, -0.2) is 4.79 Å². The van der Waals surface area contributed by atoms with Gasteiger partial charge in [0.2, 0.25) is 5.82 Å². The Morgan fingerprint density at radius 3 is 2.94 bits per heavy atom. The summed E-state index contributed by atoms with van der Waals surface area (Å²) in [6.07, 6.45) is -1.54. The molecule has 1 heterocycles. The van der Waals surface area contributed by atoms with Crippen LogP contribution < -0.4 is 5.73 Å². The monoisotopic (exact) mass is 247 g/mol. The predicted molar refractivity (Wildman–Crippen MR) is 63.6 cm³/mol. The number of carbonyl (C=O) groups is 1. The molecule has 2 N–H and O–H groups in total. The van der Waals surface area contributed by atoms with Crippen molar-refractivity contribution in [2.45, 2.75) is 20.0 Å². The number of nitrogens with zero attached hydrogens (tertiary/aromatic N) is 2. The number of benzene rings is 1. The molecule has 0 fully saturated rings. The molecule has 1 atom stereocenters. The minimum atomic E-state index is -0.877. The maximum Gasteiger partial charge on any atom is 0.405 e. The largest absolute Gasteiger partial charge is 0.437 e. The summed E-state index contributed by atoms with van der Waals surface area (Å²) in [6, 6.07) is 7.70. The van der Waals surface area contributed by atoms with Crippen LogP contribution in [0.4, 0.5) is 4.79 Å². The third-order valence-corrected chi connectivity index (χ3v) is 2.36. The molecule has 0 aliphatic heterocycles. The summed E-state index contributed by atoms with van der Waals surface area (Å²) >= 11 is 0. The summed E-state index contributed by atoms with van der Waals surface area (Å²) < 4.78 is 9.78. The average molecular weight is 247 g/mol. The van der Waals surface area contributed by atoms with Gasteiger partial charge in [-0.3, -0.25) is 0 Å². The smallest absolute Gasteiger partial charge is 0.405 e. The Morgan fingerprint density at radius 2 is 2.28 bits per heavy atom. The van der Waals surface area contributed by atoms with E-state index >= 15 is 0 Å². The molecule has 1 aromatic carbocycles. The number of ether oxygens (including phenoxy) is 1. The Hall–Kier alpha value is -2.37. The van der Waals surface area contributed by atoms with Gasteiger partial charge in [0.25, 0.3) is 5.89 Å². The van der Waals surface area contributed by atoms with Crippen LogP contribution in [0.5, 0.6) is 0 Å². The molecule has 6 heteroatoms. The highest BCUT2D eigenvalue weighted by Gasteiger charge is 2.17. The number of aryl methyl sites for hydroxylation is 1. The molecule has 1 aromatic heterocycles. The molecule has 1 amide bonds. The number of carbonyl (C=O) groups excluding carboxylic acids is 1. The molecule has 0 saturated carbocycles. The second-order valence-corrected chi connectivity index (χ2v) is 3.90. The van der Waals surface area contributed by atoms with Crippen molar-refractivity contribution in [3.8, 4) is 11.4 Å². The van der Waals surface area contributed by atoms with Crippen LogP contribution >= 0.6 is 0 Å². The lowest BCUT2D eigenvalue weighted by Gasteiger charge is -2.04. The molecule has 0 aliphatic rings. The number of nitrogens with two attached hydrogens (primary N) is 1. The van der Waals surface area contributed by atoms with E-state index in [9.17, 15) is 4.79 Å². The fraction of sp³-hybridized carbons (Fsp3) is 0.250. The molecule has 0 saturated heterocycles. The average Bonchev–Trinajstić information content (AvgIpc) is 2.77. The molecular formula is C12H13N3O3. The molecule has 6 nitrogen and oxygen atoms in total. The maximum atomic E-state index is 10.6. The van der Waals surface area contributed by atoms with Gasteiger partial charge in [0.15, 0.2) is 6.10 Å². The van der Waals surface area contributed by atoms with Crippen LogP contribution in [0.3, 0.4) is 0 Å². The Morgan fingerprint density at radius 1 is 1.50 bits per heavy atom. The summed E-state index contributed by atoms with van der Waals surface area (Å²) in [5, 5.41) is 3.84. The van der Waals surface area contributed by atoms with E-state index in [-0.39, 0.29) is 5.89 Å². The van der Waals surface area contributed by atoms with E-state index in [0.29, 0.717) is 5.82 Å². The zero-order valence-corrected chi connectivity index (χ0v) is 10.1. The Bertz CT molecular complexity index is 565. The second kappa shape index (κ2) is 4.87. The SMILES string of the molecule is Cc1cccc(-c2noc([C@@H](C)OC(N)=O)n2)c1. The van der Waals surface area contributed by atoms with E-state index < -0.39 is 12.2 Å². The molecule has 2 rings (SSSR count). The van der Waals surface area contributed by atoms with Crippen LogP contribution in [0.15, 0.2) is 28.8 Å². The lowest BCUT2D eigenvalue weighted by atomic mass is 10.1. The van der Waals surface area contributed by atoms with Crippen LogP contribution in [0.1, 0.15) is 24.5 Å². The quantitative estimate of drug-likeness (QED) is 0.897. The minimum Gasteiger partial charge on any atom is -0.437 e. The molecule has 94 valence electrons. The van der Waals surface area contributed by atoms with Crippen molar-refractivity contribution in [1.29, 1.82) is 0 Å². The first-order chi connectivity index (χ1) is 8.56. The first-order valence-corrected chi connectivity index (χ1v) is 5.43. The first-order valence-electron chi connectivity index (χ1n) is 5.43. The Labute approximate surface area is 104 Å². The van der Waals surface area contributed by atoms with E-state index in [4.69, 9.17) is 15.0 Å². The molecule has 0 radical (unpaired) electrons. The third-order valence-electron chi connectivity index (χ3n) is 2.36. The second-order valence-electron chi connectivity index (χ2n) is 3.90. The number of aromatic nitrogens is 2. The molecule has 0 bridgehead atoms. The van der Waals surface area contributed by atoms with E-state index in [0.717, 1.165) is 11.1 Å². The topological polar surface area (TPSA) is 91.2 Å². The van der Waals surface area contributed by atoms with Gasteiger partial charge in [0.1, 0.15) is 0 Å². The molecule has 0 spiro atoms. The highest BCUT2D eigenvalue weighted by Crippen LogP contribution is 2.20. The van der Waals surface area contributed by atoms with Crippen LogP contribution in [-0.2, 0) is 4.74 Å². The van der Waals surface area contributed by atoms with Gasteiger partial charge < -0.3 is 15.0 Å². The van der Waals surface area contributed by atoms with Crippen molar-refractivity contribution < 1.29 is 14.1 Å². The van der Waals surface area contributed by atoms with Crippen LogP contribution in [0, 0.1) is 6.92 Å². The van der Waals surface area contributed by atoms with Gasteiger partial charge in [-0.15, -0.1) is 0 Å².